The first-order valence-corrected chi connectivity index (χ1v) is 9.21. The van der Waals surface area contributed by atoms with Gasteiger partial charge in [0, 0.05) is 29.2 Å². The number of esters is 1. The number of aromatic nitrogens is 3. The first-order chi connectivity index (χ1) is 12.8. The van der Waals surface area contributed by atoms with E-state index in [0.29, 0.717) is 23.7 Å². The Morgan fingerprint density at radius 3 is 2.67 bits per heavy atom. The van der Waals surface area contributed by atoms with Gasteiger partial charge in [0.2, 0.25) is 5.78 Å². The van der Waals surface area contributed by atoms with Crippen molar-refractivity contribution < 1.29 is 14.3 Å². The SMILES string of the molecule is Cc1nn(CC(C)C)c(Cl)c1C(=O)OC(C)C(=O)c1c[nH]c2ccccc12. The Bertz CT molecular complexity index is 1000. The quantitative estimate of drug-likeness (QED) is 0.502. The minimum atomic E-state index is -0.944. The summed E-state index contributed by atoms with van der Waals surface area (Å²) >= 11 is 6.32. The number of halogens is 1. The molecule has 0 aliphatic carbocycles. The Hall–Kier alpha value is -2.60. The van der Waals surface area contributed by atoms with Crippen molar-refractivity contribution in [3.63, 3.8) is 0 Å². The second-order valence-electron chi connectivity index (χ2n) is 6.99. The van der Waals surface area contributed by atoms with E-state index in [9.17, 15) is 9.59 Å². The summed E-state index contributed by atoms with van der Waals surface area (Å²) in [6.07, 6.45) is 0.691. The second kappa shape index (κ2) is 7.56. The fourth-order valence-electron chi connectivity index (χ4n) is 3.02. The van der Waals surface area contributed by atoms with Crippen molar-refractivity contribution in [2.24, 2.45) is 5.92 Å². The molecule has 0 saturated heterocycles. The van der Waals surface area contributed by atoms with Gasteiger partial charge in [0.1, 0.15) is 10.7 Å². The lowest BCUT2D eigenvalue weighted by atomic mass is 10.1. The molecule has 1 aromatic carbocycles. The molecule has 2 aromatic heterocycles. The molecule has 1 atom stereocenters. The molecule has 6 nitrogen and oxygen atoms in total. The molecule has 0 radical (unpaired) electrons. The normalized spacial score (nSPS) is 12.5. The van der Waals surface area contributed by atoms with Crippen molar-refractivity contribution in [2.75, 3.05) is 0 Å². The number of H-pyrrole nitrogens is 1. The van der Waals surface area contributed by atoms with E-state index in [1.165, 1.54) is 0 Å². The van der Waals surface area contributed by atoms with Gasteiger partial charge in [0.25, 0.3) is 0 Å². The van der Waals surface area contributed by atoms with Crippen LogP contribution in [0.15, 0.2) is 30.5 Å². The molecule has 1 unspecified atom stereocenters. The van der Waals surface area contributed by atoms with Crippen LogP contribution in [0, 0.1) is 12.8 Å². The van der Waals surface area contributed by atoms with Gasteiger partial charge in [-0.1, -0.05) is 43.6 Å². The van der Waals surface area contributed by atoms with Gasteiger partial charge in [-0.2, -0.15) is 5.10 Å². The van der Waals surface area contributed by atoms with E-state index in [-0.39, 0.29) is 16.5 Å². The number of hydrogen-bond acceptors (Lipinski definition) is 4. The molecule has 27 heavy (non-hydrogen) atoms. The lowest BCUT2D eigenvalue weighted by molar-refractivity contribution is 0.0318. The molecule has 7 heteroatoms. The highest BCUT2D eigenvalue weighted by atomic mass is 35.5. The maximum absolute atomic E-state index is 12.8. The fraction of sp³-hybridized carbons (Fsp3) is 0.350. The standard InChI is InChI=1S/C20H22ClN3O3/c1-11(2)10-24-19(21)17(12(3)23-24)20(26)27-13(4)18(25)15-9-22-16-8-6-5-7-14(15)16/h5-9,11,13,22H,10H2,1-4H3. The summed E-state index contributed by atoms with van der Waals surface area (Å²) in [4.78, 5) is 28.4. The number of nitrogens with zero attached hydrogens (tertiary/aromatic N) is 2. The number of rotatable bonds is 6. The zero-order valence-electron chi connectivity index (χ0n) is 15.7. The number of carbonyl (C=O) groups excluding carboxylic acids is 2. The number of aromatic amines is 1. The van der Waals surface area contributed by atoms with Gasteiger partial charge in [-0.3, -0.25) is 9.48 Å². The second-order valence-corrected chi connectivity index (χ2v) is 7.34. The van der Waals surface area contributed by atoms with Gasteiger partial charge in [-0.15, -0.1) is 0 Å². The molecule has 3 rings (SSSR count). The monoisotopic (exact) mass is 387 g/mol. The van der Waals surface area contributed by atoms with Crippen molar-refractivity contribution in [3.05, 3.63) is 52.4 Å². The van der Waals surface area contributed by atoms with E-state index in [0.717, 1.165) is 10.9 Å². The lowest BCUT2D eigenvalue weighted by Crippen LogP contribution is -2.24. The van der Waals surface area contributed by atoms with E-state index in [2.05, 4.69) is 10.1 Å². The van der Waals surface area contributed by atoms with Gasteiger partial charge in [0.05, 0.1) is 5.69 Å². The molecule has 0 bridgehead atoms. The number of hydrogen-bond donors (Lipinski definition) is 1. The minimum absolute atomic E-state index is 0.205. The van der Waals surface area contributed by atoms with E-state index >= 15 is 0 Å². The largest absolute Gasteiger partial charge is 0.451 e. The van der Waals surface area contributed by atoms with Crippen LogP contribution in [-0.2, 0) is 11.3 Å². The van der Waals surface area contributed by atoms with Gasteiger partial charge < -0.3 is 9.72 Å². The molecule has 3 aromatic rings. The van der Waals surface area contributed by atoms with Crippen LogP contribution in [-0.4, -0.2) is 32.6 Å². The van der Waals surface area contributed by atoms with Crippen molar-refractivity contribution in [2.45, 2.75) is 40.3 Å². The number of fused-ring (bicyclic) bond motifs is 1. The van der Waals surface area contributed by atoms with Crippen molar-refractivity contribution >= 4 is 34.3 Å². The van der Waals surface area contributed by atoms with Gasteiger partial charge in [-0.05, 0) is 25.8 Å². The number of ketones is 1. The zero-order chi connectivity index (χ0) is 19.7. The maximum Gasteiger partial charge on any atom is 0.343 e. The summed E-state index contributed by atoms with van der Waals surface area (Å²) in [5, 5.41) is 5.34. The average Bonchev–Trinajstić information content (AvgIpc) is 3.15. The first kappa shape index (κ1) is 19.2. The molecule has 0 saturated carbocycles. The third kappa shape index (κ3) is 3.76. The Kier molecular flexibility index (Phi) is 5.37. The van der Waals surface area contributed by atoms with Gasteiger partial charge in [-0.25, -0.2) is 4.79 Å². The third-order valence-corrected chi connectivity index (χ3v) is 4.70. The minimum Gasteiger partial charge on any atom is -0.451 e. The third-order valence-electron chi connectivity index (χ3n) is 4.32. The molecular formula is C20H22ClN3O3. The summed E-state index contributed by atoms with van der Waals surface area (Å²) in [6.45, 7) is 7.92. The van der Waals surface area contributed by atoms with Crippen LogP contribution in [0.2, 0.25) is 5.15 Å². The van der Waals surface area contributed by atoms with E-state index in [4.69, 9.17) is 16.3 Å². The van der Waals surface area contributed by atoms with Crippen LogP contribution < -0.4 is 0 Å². The number of ether oxygens (including phenoxy) is 1. The fourth-order valence-corrected chi connectivity index (χ4v) is 3.34. The predicted molar refractivity (Wildman–Crippen MR) is 104 cm³/mol. The van der Waals surface area contributed by atoms with Crippen molar-refractivity contribution in [3.8, 4) is 0 Å². The molecule has 142 valence electrons. The number of benzene rings is 1. The van der Waals surface area contributed by atoms with Crippen LogP contribution in [0.25, 0.3) is 10.9 Å². The smallest absolute Gasteiger partial charge is 0.343 e. The zero-order valence-corrected chi connectivity index (χ0v) is 16.5. The van der Waals surface area contributed by atoms with Gasteiger partial charge in [0.15, 0.2) is 6.10 Å². The molecule has 0 aliphatic rings. The van der Waals surface area contributed by atoms with Crippen LogP contribution in [0.1, 0.15) is 47.2 Å². The van der Waals surface area contributed by atoms with Crippen LogP contribution >= 0.6 is 11.6 Å². The van der Waals surface area contributed by atoms with E-state index < -0.39 is 12.1 Å². The van der Waals surface area contributed by atoms with E-state index in [1.807, 2.05) is 38.1 Å². The summed E-state index contributed by atoms with van der Waals surface area (Å²) in [5.41, 5.74) is 2.03. The molecule has 1 N–H and O–H groups in total. The highest BCUT2D eigenvalue weighted by Crippen LogP contribution is 2.24. The Labute approximate surface area is 162 Å². The topological polar surface area (TPSA) is 77.0 Å². The Balaban J connectivity index is 1.80. The van der Waals surface area contributed by atoms with Crippen LogP contribution in [0.3, 0.4) is 0 Å². The molecule has 0 fully saturated rings. The van der Waals surface area contributed by atoms with Crippen LogP contribution in [0.4, 0.5) is 0 Å². The summed E-state index contributed by atoms with van der Waals surface area (Å²) in [6, 6.07) is 7.48. The highest BCUT2D eigenvalue weighted by molar-refractivity contribution is 6.32. The maximum atomic E-state index is 12.8. The molecule has 0 amide bonds. The molecular weight excluding hydrogens is 366 g/mol. The number of nitrogens with one attached hydrogen (secondary N) is 1. The molecule has 0 aliphatic heterocycles. The predicted octanol–water partition coefficient (Wildman–Crippen LogP) is 4.41. The molecule has 2 heterocycles. The Morgan fingerprint density at radius 2 is 1.96 bits per heavy atom. The summed E-state index contributed by atoms with van der Waals surface area (Å²) in [7, 11) is 0. The van der Waals surface area contributed by atoms with Crippen molar-refractivity contribution in [1.29, 1.82) is 0 Å². The summed E-state index contributed by atoms with van der Waals surface area (Å²) in [5.74, 6) is -0.592. The van der Waals surface area contributed by atoms with Crippen LogP contribution in [0.5, 0.6) is 0 Å². The average molecular weight is 388 g/mol. The van der Waals surface area contributed by atoms with E-state index in [1.54, 1.807) is 24.7 Å². The Morgan fingerprint density at radius 1 is 1.26 bits per heavy atom. The van der Waals surface area contributed by atoms with Gasteiger partial charge >= 0.3 is 5.97 Å². The summed E-state index contributed by atoms with van der Waals surface area (Å²) < 4.78 is 7.00. The van der Waals surface area contributed by atoms with Crippen molar-refractivity contribution in [1.82, 2.24) is 14.8 Å². The molecule has 0 spiro atoms. The highest BCUT2D eigenvalue weighted by Gasteiger charge is 2.27. The number of para-hydroxylation sites is 1. The lowest BCUT2D eigenvalue weighted by Gasteiger charge is -2.12. The first-order valence-electron chi connectivity index (χ1n) is 8.83. The number of aryl methyl sites for hydroxylation is 1. The number of Topliss-reactive ketones (excluding diaryl/α,β-unsaturated/α-hetero) is 1. The number of carbonyl (C=O) groups is 2.